The Morgan fingerprint density at radius 1 is 0.884 bits per heavy atom. The zero-order valence-corrected chi connectivity index (χ0v) is 25.4. The number of carboxylic acid groups (broad SMARTS) is 1. The molecule has 1 fully saturated rings. The van der Waals surface area contributed by atoms with Crippen LogP contribution in [-0.4, -0.2) is 85.7 Å². The Morgan fingerprint density at radius 2 is 1.56 bits per heavy atom. The predicted molar refractivity (Wildman–Crippen MR) is 165 cm³/mol. The molecule has 1 saturated heterocycles. The number of benzene rings is 2. The van der Waals surface area contributed by atoms with Crippen molar-refractivity contribution in [1.29, 1.82) is 0 Å². The molecule has 3 amide bonds. The second-order valence-electron chi connectivity index (χ2n) is 11.4. The SMILES string of the molecule is CC(C)C[C@H](NC(=O)c1ccc(N2CCN(C)CC2)cc1)C(=O)N[C@@H](CCCCNC(=O)OCc1ccccc1)C(=O)O. The normalized spacial score (nSPS) is 14.9. The lowest BCUT2D eigenvalue weighted by molar-refractivity contribution is -0.142. The molecule has 0 radical (unpaired) electrons. The molecule has 4 N–H and O–H groups in total. The van der Waals surface area contributed by atoms with Crippen LogP contribution in [0.1, 0.15) is 55.5 Å². The minimum Gasteiger partial charge on any atom is -0.480 e. The van der Waals surface area contributed by atoms with Gasteiger partial charge in [-0.1, -0.05) is 44.2 Å². The number of amides is 3. The highest BCUT2D eigenvalue weighted by Gasteiger charge is 2.27. The number of piperazine rings is 1. The Hall–Kier alpha value is -4.12. The number of nitrogens with one attached hydrogen (secondary N) is 3. The van der Waals surface area contributed by atoms with Crippen molar-refractivity contribution in [3.05, 3.63) is 65.7 Å². The number of carboxylic acids is 1. The lowest BCUT2D eigenvalue weighted by Crippen LogP contribution is -2.52. The van der Waals surface area contributed by atoms with Crippen molar-refractivity contribution in [3.63, 3.8) is 0 Å². The minimum absolute atomic E-state index is 0.0895. The highest BCUT2D eigenvalue weighted by molar-refractivity contribution is 5.98. The molecule has 2 aromatic carbocycles. The first-order chi connectivity index (χ1) is 20.6. The molecule has 1 aliphatic heterocycles. The van der Waals surface area contributed by atoms with Gasteiger partial charge in [0, 0.05) is 44.0 Å². The van der Waals surface area contributed by atoms with E-state index in [1.54, 1.807) is 12.1 Å². The summed E-state index contributed by atoms with van der Waals surface area (Å²) in [7, 11) is 2.10. The fourth-order valence-corrected chi connectivity index (χ4v) is 4.80. The lowest BCUT2D eigenvalue weighted by atomic mass is 10.0. The maximum atomic E-state index is 13.1. The fourth-order valence-electron chi connectivity index (χ4n) is 4.80. The molecule has 0 unspecified atom stereocenters. The quantitative estimate of drug-likeness (QED) is 0.230. The zero-order chi connectivity index (χ0) is 31.2. The maximum Gasteiger partial charge on any atom is 0.407 e. The molecule has 1 aliphatic rings. The van der Waals surface area contributed by atoms with Gasteiger partial charge in [0.1, 0.15) is 18.7 Å². The number of anilines is 1. The Bertz CT molecular complexity index is 1180. The van der Waals surface area contributed by atoms with Gasteiger partial charge in [-0.05, 0) is 68.5 Å². The number of unbranched alkanes of at least 4 members (excludes halogenated alkanes) is 1. The summed E-state index contributed by atoms with van der Waals surface area (Å²) in [5, 5.41) is 17.8. The van der Waals surface area contributed by atoms with Crippen LogP contribution in [0.5, 0.6) is 0 Å². The van der Waals surface area contributed by atoms with E-state index in [0.717, 1.165) is 37.4 Å². The van der Waals surface area contributed by atoms with Crippen LogP contribution in [0.25, 0.3) is 0 Å². The monoisotopic (exact) mass is 595 g/mol. The molecule has 2 aromatic rings. The highest BCUT2D eigenvalue weighted by atomic mass is 16.5. The Balaban J connectivity index is 1.46. The molecule has 0 saturated carbocycles. The average molecular weight is 596 g/mol. The van der Waals surface area contributed by atoms with E-state index in [-0.39, 0.29) is 24.9 Å². The Morgan fingerprint density at radius 3 is 2.19 bits per heavy atom. The number of likely N-dealkylation sites (N-methyl/N-ethyl adjacent to an activating group) is 1. The van der Waals surface area contributed by atoms with E-state index in [1.807, 2.05) is 56.3 Å². The van der Waals surface area contributed by atoms with Gasteiger partial charge < -0.3 is 35.6 Å². The smallest absolute Gasteiger partial charge is 0.407 e. The van der Waals surface area contributed by atoms with Crippen molar-refractivity contribution in [2.24, 2.45) is 5.92 Å². The van der Waals surface area contributed by atoms with Gasteiger partial charge in [-0.2, -0.15) is 0 Å². The van der Waals surface area contributed by atoms with Gasteiger partial charge in [-0.15, -0.1) is 0 Å². The third-order valence-corrected chi connectivity index (χ3v) is 7.34. The van der Waals surface area contributed by atoms with Crippen LogP contribution in [0.15, 0.2) is 54.6 Å². The van der Waals surface area contributed by atoms with Crippen molar-refractivity contribution in [3.8, 4) is 0 Å². The first-order valence-corrected chi connectivity index (χ1v) is 14.9. The summed E-state index contributed by atoms with van der Waals surface area (Å²) in [5.74, 6) is -1.99. The second-order valence-corrected chi connectivity index (χ2v) is 11.4. The molecule has 11 nitrogen and oxygen atoms in total. The number of hydrogen-bond donors (Lipinski definition) is 4. The number of ether oxygens (including phenoxy) is 1. The van der Waals surface area contributed by atoms with Crippen LogP contribution in [0.3, 0.4) is 0 Å². The molecule has 234 valence electrons. The van der Waals surface area contributed by atoms with E-state index >= 15 is 0 Å². The Labute approximate surface area is 254 Å². The summed E-state index contributed by atoms with van der Waals surface area (Å²) >= 11 is 0. The third kappa shape index (κ3) is 11.6. The minimum atomic E-state index is -1.15. The van der Waals surface area contributed by atoms with Gasteiger partial charge in [0.2, 0.25) is 5.91 Å². The largest absolute Gasteiger partial charge is 0.480 e. The molecule has 0 spiro atoms. The molecule has 43 heavy (non-hydrogen) atoms. The van der Waals surface area contributed by atoms with Crippen LogP contribution in [-0.2, 0) is 20.9 Å². The summed E-state index contributed by atoms with van der Waals surface area (Å²) < 4.78 is 5.17. The number of nitrogens with zero attached hydrogens (tertiary/aromatic N) is 2. The number of rotatable bonds is 15. The van der Waals surface area contributed by atoms with Crippen molar-refractivity contribution < 1.29 is 29.0 Å². The van der Waals surface area contributed by atoms with Crippen LogP contribution in [0.2, 0.25) is 0 Å². The number of carbonyl (C=O) groups is 4. The molecule has 0 aromatic heterocycles. The summed E-state index contributed by atoms with van der Waals surface area (Å²) in [5.41, 5.74) is 2.36. The predicted octanol–water partition coefficient (Wildman–Crippen LogP) is 3.25. The number of hydrogen-bond acceptors (Lipinski definition) is 7. The van der Waals surface area contributed by atoms with Gasteiger partial charge >= 0.3 is 12.1 Å². The van der Waals surface area contributed by atoms with Crippen LogP contribution < -0.4 is 20.9 Å². The zero-order valence-electron chi connectivity index (χ0n) is 25.4. The molecular weight excluding hydrogens is 550 g/mol. The van der Waals surface area contributed by atoms with E-state index in [1.165, 1.54) is 0 Å². The Kier molecular flexibility index (Phi) is 13.3. The summed E-state index contributed by atoms with van der Waals surface area (Å²) in [6, 6.07) is 14.6. The van der Waals surface area contributed by atoms with E-state index < -0.39 is 30.1 Å². The number of aliphatic carboxylic acids is 1. The van der Waals surface area contributed by atoms with Gasteiger partial charge in [0.15, 0.2) is 0 Å². The van der Waals surface area contributed by atoms with E-state index in [4.69, 9.17) is 4.74 Å². The summed E-state index contributed by atoms with van der Waals surface area (Å²) in [4.78, 5) is 54.5. The molecular formula is C32H45N5O6. The van der Waals surface area contributed by atoms with Crippen molar-refractivity contribution in [2.45, 2.75) is 58.2 Å². The highest BCUT2D eigenvalue weighted by Crippen LogP contribution is 2.17. The van der Waals surface area contributed by atoms with Crippen molar-refractivity contribution in [2.75, 3.05) is 44.7 Å². The van der Waals surface area contributed by atoms with Crippen molar-refractivity contribution >= 4 is 29.6 Å². The molecule has 1 heterocycles. The number of alkyl carbamates (subject to hydrolysis) is 1. The molecule has 0 bridgehead atoms. The van der Waals surface area contributed by atoms with E-state index in [0.29, 0.717) is 31.4 Å². The standard InChI is InChI=1S/C32H45N5O6/c1-23(2)21-28(35-29(38)25-12-14-26(15-13-25)37-19-17-36(3)18-20-37)30(39)34-27(31(40)41)11-7-8-16-33-32(42)43-22-24-9-5-4-6-10-24/h4-6,9-10,12-15,23,27-28H,7-8,11,16-22H2,1-3H3,(H,33,42)(H,34,39)(H,35,38)(H,40,41)/t27-,28-/m0/s1. The molecule has 3 rings (SSSR count). The van der Waals surface area contributed by atoms with E-state index in [2.05, 4.69) is 32.8 Å². The third-order valence-electron chi connectivity index (χ3n) is 7.34. The van der Waals surface area contributed by atoms with Crippen molar-refractivity contribution in [1.82, 2.24) is 20.9 Å². The fraction of sp³-hybridized carbons (Fsp3) is 0.500. The van der Waals surface area contributed by atoms with Gasteiger partial charge in [0.05, 0.1) is 0 Å². The average Bonchev–Trinajstić information content (AvgIpc) is 2.99. The second kappa shape index (κ2) is 17.1. The lowest BCUT2D eigenvalue weighted by Gasteiger charge is -2.34. The first kappa shape index (κ1) is 33.4. The number of carbonyl (C=O) groups excluding carboxylic acids is 3. The topological polar surface area (TPSA) is 140 Å². The summed E-state index contributed by atoms with van der Waals surface area (Å²) in [6.45, 7) is 8.14. The summed E-state index contributed by atoms with van der Waals surface area (Å²) in [6.07, 6.45) is 0.956. The van der Waals surface area contributed by atoms with Crippen LogP contribution in [0.4, 0.5) is 10.5 Å². The van der Waals surface area contributed by atoms with Crippen LogP contribution in [0, 0.1) is 5.92 Å². The van der Waals surface area contributed by atoms with E-state index in [9.17, 15) is 24.3 Å². The first-order valence-electron chi connectivity index (χ1n) is 14.9. The molecule has 11 heteroatoms. The van der Waals surface area contributed by atoms with Gasteiger partial charge in [-0.25, -0.2) is 9.59 Å². The van der Waals surface area contributed by atoms with Gasteiger partial charge in [0.25, 0.3) is 5.91 Å². The molecule has 2 atom stereocenters. The maximum absolute atomic E-state index is 13.1. The molecule has 0 aliphatic carbocycles. The van der Waals surface area contributed by atoms with Crippen LogP contribution >= 0.6 is 0 Å². The van der Waals surface area contributed by atoms with Gasteiger partial charge in [-0.3, -0.25) is 9.59 Å².